The van der Waals surface area contributed by atoms with Crippen LogP contribution in [0.15, 0.2) is 28.7 Å². The van der Waals surface area contributed by atoms with E-state index >= 15 is 0 Å². The topological polar surface area (TPSA) is 71.3 Å². The summed E-state index contributed by atoms with van der Waals surface area (Å²) in [6, 6.07) is 7.58. The van der Waals surface area contributed by atoms with E-state index in [0.29, 0.717) is 29.7 Å². The summed E-state index contributed by atoms with van der Waals surface area (Å²) in [4.78, 5) is 24.2. The largest absolute Gasteiger partial charge is 0.443 e. The summed E-state index contributed by atoms with van der Waals surface area (Å²) < 4.78 is 5.81. The first-order valence-corrected chi connectivity index (χ1v) is 10.3. The van der Waals surface area contributed by atoms with Gasteiger partial charge in [0.2, 0.25) is 11.6 Å². The maximum Gasteiger partial charge on any atom is 0.231 e. The molecular weight excluding hydrogens is 388 g/mol. The molecule has 1 fully saturated rings. The molecule has 0 bridgehead atoms. The second-order valence-corrected chi connectivity index (χ2v) is 8.06. The Balaban J connectivity index is 1.52. The number of furan rings is 1. The zero-order valence-electron chi connectivity index (χ0n) is 17.0. The van der Waals surface area contributed by atoms with Gasteiger partial charge in [-0.05, 0) is 45.2 Å². The van der Waals surface area contributed by atoms with E-state index < -0.39 is 0 Å². The molecular formula is C22H25ClN4O2. The van der Waals surface area contributed by atoms with Crippen LogP contribution in [-0.2, 0) is 11.3 Å². The van der Waals surface area contributed by atoms with Crippen molar-refractivity contribution in [1.29, 1.82) is 0 Å². The van der Waals surface area contributed by atoms with Crippen molar-refractivity contribution in [3.8, 4) is 0 Å². The van der Waals surface area contributed by atoms with Crippen LogP contribution in [0.5, 0.6) is 0 Å². The Kier molecular flexibility index (Phi) is 5.46. The molecule has 1 aliphatic rings. The molecule has 1 aliphatic heterocycles. The van der Waals surface area contributed by atoms with E-state index in [1.807, 2.05) is 45.0 Å². The number of piperidine rings is 1. The number of rotatable bonds is 4. The molecule has 1 amide bonds. The van der Waals surface area contributed by atoms with Gasteiger partial charge in [-0.15, -0.1) is 0 Å². The lowest BCUT2D eigenvalue weighted by molar-refractivity contribution is -0.125. The van der Waals surface area contributed by atoms with Gasteiger partial charge in [0.1, 0.15) is 17.4 Å². The van der Waals surface area contributed by atoms with Crippen LogP contribution in [-0.4, -0.2) is 29.0 Å². The maximum atomic E-state index is 12.8. The van der Waals surface area contributed by atoms with Crippen LogP contribution in [0.2, 0.25) is 5.02 Å². The summed E-state index contributed by atoms with van der Waals surface area (Å²) in [5.41, 5.74) is 2.60. The van der Waals surface area contributed by atoms with Gasteiger partial charge in [-0.1, -0.05) is 29.8 Å². The first kappa shape index (κ1) is 19.7. The molecule has 1 unspecified atom stereocenters. The van der Waals surface area contributed by atoms with E-state index in [1.165, 1.54) is 0 Å². The van der Waals surface area contributed by atoms with Gasteiger partial charge in [-0.2, -0.15) is 4.98 Å². The van der Waals surface area contributed by atoms with Crippen molar-refractivity contribution >= 4 is 34.4 Å². The van der Waals surface area contributed by atoms with Gasteiger partial charge in [0.05, 0.1) is 11.3 Å². The number of hydrogen-bond acceptors (Lipinski definition) is 5. The second kappa shape index (κ2) is 8.03. The third-order valence-electron chi connectivity index (χ3n) is 5.62. The maximum absolute atomic E-state index is 12.8. The lowest BCUT2D eigenvalue weighted by Crippen LogP contribution is -2.43. The molecule has 7 heteroatoms. The summed E-state index contributed by atoms with van der Waals surface area (Å²) in [6.07, 6.45) is 1.80. The van der Waals surface area contributed by atoms with E-state index in [9.17, 15) is 4.79 Å². The molecule has 4 rings (SSSR count). The summed E-state index contributed by atoms with van der Waals surface area (Å²) >= 11 is 6.20. The Hall–Kier alpha value is -2.60. The molecule has 6 nitrogen and oxygen atoms in total. The zero-order valence-corrected chi connectivity index (χ0v) is 17.7. The predicted octanol–water partition coefficient (Wildman–Crippen LogP) is 4.33. The fraction of sp³-hybridized carbons (Fsp3) is 0.409. The highest BCUT2D eigenvalue weighted by molar-refractivity contribution is 6.31. The Bertz CT molecular complexity index is 1060. The molecule has 1 saturated heterocycles. The van der Waals surface area contributed by atoms with Crippen molar-refractivity contribution in [3.05, 3.63) is 52.0 Å². The van der Waals surface area contributed by atoms with Crippen molar-refractivity contribution in [1.82, 2.24) is 15.3 Å². The van der Waals surface area contributed by atoms with Gasteiger partial charge < -0.3 is 14.6 Å². The van der Waals surface area contributed by atoms with Crippen molar-refractivity contribution in [3.63, 3.8) is 0 Å². The van der Waals surface area contributed by atoms with Gasteiger partial charge in [-0.3, -0.25) is 4.79 Å². The second-order valence-electron chi connectivity index (χ2n) is 7.65. The van der Waals surface area contributed by atoms with E-state index in [0.717, 1.165) is 47.5 Å². The standard InChI is InChI=1S/C22H25ClN4O2/c1-13-14(2)29-22-19(13)20(25-15(3)26-22)27-10-6-8-17(12-27)21(28)24-11-16-7-4-5-9-18(16)23/h4-5,7,9,17H,6,8,10-12H2,1-3H3,(H,24,28). The molecule has 3 heterocycles. The molecule has 0 radical (unpaired) electrons. The zero-order chi connectivity index (χ0) is 20.5. The number of carbonyl (C=O) groups is 1. The summed E-state index contributed by atoms with van der Waals surface area (Å²) in [7, 11) is 0. The average Bonchev–Trinajstić information content (AvgIpc) is 3.00. The average molecular weight is 413 g/mol. The number of nitrogens with one attached hydrogen (secondary N) is 1. The number of anilines is 1. The predicted molar refractivity (Wildman–Crippen MR) is 114 cm³/mol. The Morgan fingerprint density at radius 1 is 1.28 bits per heavy atom. The molecule has 152 valence electrons. The number of nitrogens with zero attached hydrogens (tertiary/aromatic N) is 3. The lowest BCUT2D eigenvalue weighted by Gasteiger charge is -2.33. The highest BCUT2D eigenvalue weighted by atomic mass is 35.5. The third-order valence-corrected chi connectivity index (χ3v) is 5.99. The van der Waals surface area contributed by atoms with Crippen LogP contribution in [0.25, 0.3) is 11.1 Å². The summed E-state index contributed by atoms with van der Waals surface area (Å²) in [6.45, 7) is 7.77. The van der Waals surface area contributed by atoms with Crippen LogP contribution in [0.4, 0.5) is 5.82 Å². The third kappa shape index (κ3) is 3.94. The first-order chi connectivity index (χ1) is 13.9. The van der Waals surface area contributed by atoms with Crippen LogP contribution >= 0.6 is 11.6 Å². The quantitative estimate of drug-likeness (QED) is 0.690. The smallest absolute Gasteiger partial charge is 0.231 e. The molecule has 1 atom stereocenters. The van der Waals surface area contributed by atoms with Crippen LogP contribution in [0, 0.1) is 26.7 Å². The van der Waals surface area contributed by atoms with Crippen molar-refractivity contribution in [2.24, 2.45) is 5.92 Å². The van der Waals surface area contributed by atoms with Crippen molar-refractivity contribution in [2.45, 2.75) is 40.2 Å². The number of aromatic nitrogens is 2. The molecule has 29 heavy (non-hydrogen) atoms. The van der Waals surface area contributed by atoms with E-state index in [4.69, 9.17) is 21.0 Å². The van der Waals surface area contributed by atoms with Gasteiger partial charge in [0.15, 0.2) is 0 Å². The number of amides is 1. The minimum absolute atomic E-state index is 0.0525. The van der Waals surface area contributed by atoms with Crippen LogP contribution in [0.1, 0.15) is 35.6 Å². The normalized spacial score (nSPS) is 17.0. The highest BCUT2D eigenvalue weighted by Crippen LogP contribution is 2.33. The Morgan fingerprint density at radius 2 is 2.07 bits per heavy atom. The van der Waals surface area contributed by atoms with Gasteiger partial charge >= 0.3 is 0 Å². The van der Waals surface area contributed by atoms with Crippen LogP contribution < -0.4 is 10.2 Å². The van der Waals surface area contributed by atoms with E-state index in [1.54, 1.807) is 0 Å². The van der Waals surface area contributed by atoms with Gasteiger partial charge in [0, 0.05) is 30.2 Å². The molecule has 1 N–H and O–H groups in total. The van der Waals surface area contributed by atoms with Gasteiger partial charge in [0.25, 0.3) is 0 Å². The number of hydrogen-bond donors (Lipinski definition) is 1. The fourth-order valence-electron chi connectivity index (χ4n) is 3.91. The van der Waals surface area contributed by atoms with Crippen molar-refractivity contribution < 1.29 is 9.21 Å². The number of aryl methyl sites for hydroxylation is 3. The fourth-order valence-corrected chi connectivity index (χ4v) is 4.12. The number of halogens is 1. The molecule has 3 aromatic rings. The molecule has 0 aliphatic carbocycles. The Morgan fingerprint density at radius 3 is 2.86 bits per heavy atom. The minimum atomic E-state index is -0.0927. The summed E-state index contributed by atoms with van der Waals surface area (Å²) in [5, 5.41) is 4.66. The Labute approximate surface area is 175 Å². The van der Waals surface area contributed by atoms with Crippen molar-refractivity contribution in [2.75, 3.05) is 18.0 Å². The molecule has 1 aromatic carbocycles. The van der Waals surface area contributed by atoms with Crippen LogP contribution in [0.3, 0.4) is 0 Å². The number of benzene rings is 1. The molecule has 0 spiro atoms. The number of carbonyl (C=O) groups excluding carboxylic acids is 1. The lowest BCUT2D eigenvalue weighted by atomic mass is 9.96. The monoisotopic (exact) mass is 412 g/mol. The molecule has 0 saturated carbocycles. The summed E-state index contributed by atoms with van der Waals surface area (Å²) in [5.74, 6) is 2.35. The van der Waals surface area contributed by atoms with Gasteiger partial charge in [-0.25, -0.2) is 4.98 Å². The molecule has 2 aromatic heterocycles. The SMILES string of the molecule is Cc1nc(N2CCCC(C(=O)NCc3ccccc3Cl)C2)c2c(C)c(C)oc2n1. The first-order valence-electron chi connectivity index (χ1n) is 9.94. The number of fused-ring (bicyclic) bond motifs is 1. The highest BCUT2D eigenvalue weighted by Gasteiger charge is 2.29. The van der Waals surface area contributed by atoms with E-state index in [-0.39, 0.29) is 11.8 Å². The van der Waals surface area contributed by atoms with E-state index in [2.05, 4.69) is 15.2 Å². The minimum Gasteiger partial charge on any atom is -0.443 e.